The average molecular weight is 501 g/mol. The Balaban J connectivity index is 0.00000193. The molecule has 0 saturated carbocycles. The molecule has 0 heterocycles. The standard InChI is InChI=1S/C20H15N3O6S2.2Na/c21-18-8-9-19(16-7-5-14(11-17(16)18)30(24,25)26)23-22-13-4-6-15-12(10-13)2-1-3-20(15)31(27,28)29;;/h1-11H,21H2,(H,24,25,26)(H,27,28,29);;/q;2*+1/p-2. The fraction of sp³-hybridized carbons (Fsp3) is 0. The largest absolute Gasteiger partial charge is 1.00 e. The molecule has 0 bridgehead atoms. The number of anilines is 1. The molecule has 0 atom stereocenters. The SMILES string of the molecule is Nc1ccc(N=Nc2ccc3c(S(=O)(=O)[O-])cccc3c2)c2ccc(S(=O)(=O)[O-])cc12.[Na+].[Na+]. The van der Waals surface area contributed by atoms with Crippen molar-refractivity contribution in [1.82, 2.24) is 0 Å². The van der Waals surface area contributed by atoms with Gasteiger partial charge in [0, 0.05) is 16.5 Å². The minimum Gasteiger partial charge on any atom is -0.744 e. The van der Waals surface area contributed by atoms with Gasteiger partial charge in [-0.25, -0.2) is 16.8 Å². The molecular weight excluding hydrogens is 488 g/mol. The fourth-order valence-electron chi connectivity index (χ4n) is 3.21. The summed E-state index contributed by atoms with van der Waals surface area (Å²) in [5, 5.41) is 9.94. The van der Waals surface area contributed by atoms with Crippen LogP contribution in [0, 0.1) is 0 Å². The number of hydrogen-bond donors (Lipinski definition) is 1. The molecule has 0 amide bonds. The molecule has 0 radical (unpaired) electrons. The molecule has 158 valence electrons. The van der Waals surface area contributed by atoms with Crippen LogP contribution in [0.5, 0.6) is 0 Å². The number of benzene rings is 4. The maximum absolute atomic E-state index is 11.4. The second-order valence-electron chi connectivity index (χ2n) is 6.65. The van der Waals surface area contributed by atoms with Crippen LogP contribution in [0.2, 0.25) is 0 Å². The quantitative estimate of drug-likeness (QED) is 0.144. The van der Waals surface area contributed by atoms with Gasteiger partial charge in [0.25, 0.3) is 0 Å². The normalized spacial score (nSPS) is 11.9. The average Bonchev–Trinajstić information content (AvgIpc) is 2.71. The molecule has 9 nitrogen and oxygen atoms in total. The summed E-state index contributed by atoms with van der Waals surface area (Å²) in [4.78, 5) is -0.721. The molecule has 0 unspecified atom stereocenters. The number of rotatable bonds is 4. The van der Waals surface area contributed by atoms with Gasteiger partial charge in [0.1, 0.15) is 20.2 Å². The molecule has 0 aromatic heterocycles. The zero-order valence-electron chi connectivity index (χ0n) is 17.6. The van der Waals surface area contributed by atoms with E-state index in [0.29, 0.717) is 27.5 Å². The van der Waals surface area contributed by atoms with Gasteiger partial charge in [-0.1, -0.05) is 24.3 Å². The monoisotopic (exact) mass is 501 g/mol. The van der Waals surface area contributed by atoms with Crippen molar-refractivity contribution >= 4 is 58.8 Å². The summed E-state index contributed by atoms with van der Waals surface area (Å²) in [6, 6.07) is 15.8. The Hall–Kier alpha value is -1.38. The summed E-state index contributed by atoms with van der Waals surface area (Å²) in [6.07, 6.45) is 0. The molecule has 4 aromatic carbocycles. The van der Waals surface area contributed by atoms with Gasteiger partial charge >= 0.3 is 59.1 Å². The van der Waals surface area contributed by atoms with Crippen molar-refractivity contribution in [2.45, 2.75) is 9.79 Å². The Labute approximate surface area is 234 Å². The summed E-state index contributed by atoms with van der Waals surface area (Å²) in [5.41, 5.74) is 6.97. The molecule has 2 N–H and O–H groups in total. The predicted octanol–water partition coefficient (Wildman–Crippen LogP) is -2.19. The van der Waals surface area contributed by atoms with E-state index in [2.05, 4.69) is 10.2 Å². The number of nitrogens with two attached hydrogens (primary N) is 1. The Bertz CT molecular complexity index is 1610. The molecule has 0 aliphatic rings. The molecule has 33 heavy (non-hydrogen) atoms. The molecule has 0 saturated heterocycles. The van der Waals surface area contributed by atoms with Crippen LogP contribution >= 0.6 is 0 Å². The van der Waals surface area contributed by atoms with E-state index in [1.807, 2.05) is 0 Å². The van der Waals surface area contributed by atoms with Gasteiger partial charge in [0.2, 0.25) is 0 Å². The van der Waals surface area contributed by atoms with Crippen LogP contribution in [0.3, 0.4) is 0 Å². The van der Waals surface area contributed by atoms with Gasteiger partial charge in [0.05, 0.1) is 21.2 Å². The first kappa shape index (κ1) is 27.9. The molecule has 0 fully saturated rings. The fourth-order valence-corrected chi connectivity index (χ4v) is 4.41. The Morgan fingerprint density at radius 3 is 2.06 bits per heavy atom. The van der Waals surface area contributed by atoms with Crippen molar-refractivity contribution < 1.29 is 85.1 Å². The van der Waals surface area contributed by atoms with Gasteiger partial charge in [0.15, 0.2) is 0 Å². The predicted molar refractivity (Wildman–Crippen MR) is 112 cm³/mol. The van der Waals surface area contributed by atoms with E-state index in [1.54, 1.807) is 18.2 Å². The maximum atomic E-state index is 11.4. The van der Waals surface area contributed by atoms with Crippen LogP contribution in [-0.2, 0) is 20.2 Å². The van der Waals surface area contributed by atoms with Crippen molar-refractivity contribution in [2.24, 2.45) is 10.2 Å². The van der Waals surface area contributed by atoms with Crippen LogP contribution < -0.4 is 64.8 Å². The maximum Gasteiger partial charge on any atom is 1.00 e. The minimum absolute atomic E-state index is 0. The number of nitrogens with zero attached hydrogens (tertiary/aromatic N) is 2. The van der Waals surface area contributed by atoms with Crippen LogP contribution in [0.1, 0.15) is 0 Å². The molecule has 0 aliphatic heterocycles. The summed E-state index contributed by atoms with van der Waals surface area (Å²) in [5.74, 6) is 0. The number of fused-ring (bicyclic) bond motifs is 2. The second-order valence-corrected chi connectivity index (χ2v) is 9.38. The van der Waals surface area contributed by atoms with Gasteiger partial charge in [-0.15, -0.1) is 5.11 Å². The summed E-state index contributed by atoms with van der Waals surface area (Å²) in [7, 11) is -9.26. The van der Waals surface area contributed by atoms with E-state index >= 15 is 0 Å². The third-order valence-electron chi connectivity index (χ3n) is 4.65. The molecule has 4 rings (SSSR count). The topological polar surface area (TPSA) is 165 Å². The summed E-state index contributed by atoms with van der Waals surface area (Å²) in [6.45, 7) is 0. The molecule has 13 heteroatoms. The smallest absolute Gasteiger partial charge is 0.744 e. The Morgan fingerprint density at radius 1 is 0.697 bits per heavy atom. The Morgan fingerprint density at radius 2 is 1.39 bits per heavy atom. The van der Waals surface area contributed by atoms with Crippen molar-refractivity contribution in [3.63, 3.8) is 0 Å². The van der Waals surface area contributed by atoms with Crippen LogP contribution in [-0.4, -0.2) is 25.9 Å². The number of azo groups is 1. The van der Waals surface area contributed by atoms with Crippen LogP contribution in [0.15, 0.2) is 86.7 Å². The number of nitrogen functional groups attached to an aromatic ring is 1. The van der Waals surface area contributed by atoms with Gasteiger partial charge in [-0.2, -0.15) is 5.11 Å². The van der Waals surface area contributed by atoms with E-state index in [4.69, 9.17) is 5.73 Å². The van der Waals surface area contributed by atoms with Crippen molar-refractivity contribution in [2.75, 3.05) is 5.73 Å². The van der Waals surface area contributed by atoms with Gasteiger partial charge in [-0.05, 0) is 53.2 Å². The minimum atomic E-state index is -4.64. The zero-order valence-corrected chi connectivity index (χ0v) is 23.2. The molecule has 0 aliphatic carbocycles. The third-order valence-corrected chi connectivity index (χ3v) is 6.38. The van der Waals surface area contributed by atoms with Crippen molar-refractivity contribution in [3.05, 3.63) is 66.7 Å². The van der Waals surface area contributed by atoms with E-state index in [1.165, 1.54) is 48.5 Å². The summed E-state index contributed by atoms with van der Waals surface area (Å²) < 4.78 is 68.1. The Kier molecular flexibility index (Phi) is 8.85. The van der Waals surface area contributed by atoms with Gasteiger partial charge < -0.3 is 14.8 Å². The third kappa shape index (κ3) is 6.01. The molecular formula is C20H13N3Na2O6S2. The van der Waals surface area contributed by atoms with E-state index in [-0.39, 0.29) is 75.1 Å². The zero-order chi connectivity index (χ0) is 22.4. The molecule has 4 aromatic rings. The van der Waals surface area contributed by atoms with Crippen LogP contribution in [0.25, 0.3) is 21.5 Å². The first-order chi connectivity index (χ1) is 14.5. The van der Waals surface area contributed by atoms with Crippen molar-refractivity contribution in [3.8, 4) is 0 Å². The molecule has 0 spiro atoms. The number of hydrogen-bond acceptors (Lipinski definition) is 9. The van der Waals surface area contributed by atoms with Gasteiger partial charge in [-0.3, -0.25) is 0 Å². The second kappa shape index (κ2) is 10.5. The van der Waals surface area contributed by atoms with E-state index in [0.717, 1.165) is 0 Å². The van der Waals surface area contributed by atoms with Crippen LogP contribution in [0.4, 0.5) is 17.1 Å². The van der Waals surface area contributed by atoms with E-state index in [9.17, 15) is 25.9 Å². The first-order valence-electron chi connectivity index (χ1n) is 8.72. The van der Waals surface area contributed by atoms with E-state index < -0.39 is 25.1 Å². The van der Waals surface area contributed by atoms with Crippen molar-refractivity contribution in [1.29, 1.82) is 0 Å². The summed E-state index contributed by atoms with van der Waals surface area (Å²) >= 11 is 0. The first-order valence-corrected chi connectivity index (χ1v) is 11.5.